The summed E-state index contributed by atoms with van der Waals surface area (Å²) in [6.07, 6.45) is -0.169. The van der Waals surface area contributed by atoms with Gasteiger partial charge in [0, 0.05) is 18.5 Å². The normalized spacial score (nSPS) is 22.0. The first-order valence-electron chi connectivity index (χ1n) is 6.54. The largest absolute Gasteiger partial charge is 0.480 e. The number of nitrogens with two attached hydrogens (primary N) is 1. The van der Waals surface area contributed by atoms with Gasteiger partial charge in [0.2, 0.25) is 0 Å². The van der Waals surface area contributed by atoms with Crippen LogP contribution in [-0.2, 0) is 11.2 Å². The number of nitrogens with zero attached hydrogens (tertiary/aromatic N) is 1. The van der Waals surface area contributed by atoms with Gasteiger partial charge in [-0.1, -0.05) is 18.2 Å². The maximum atomic E-state index is 12.5. The molecule has 1 amide bonds. The van der Waals surface area contributed by atoms with Crippen molar-refractivity contribution in [1.29, 1.82) is 0 Å². The lowest BCUT2D eigenvalue weighted by atomic mass is 10.0. The lowest BCUT2D eigenvalue weighted by Crippen LogP contribution is -2.41. The average molecular weight is 278 g/mol. The van der Waals surface area contributed by atoms with Crippen LogP contribution >= 0.6 is 0 Å². The number of carbonyl (C=O) groups excluding carboxylic acids is 1. The highest BCUT2D eigenvalue weighted by atomic mass is 16.4. The summed E-state index contributed by atoms with van der Waals surface area (Å²) in [6.45, 7) is 0.460. The number of carbonyl (C=O) groups is 2. The first-order chi connectivity index (χ1) is 9.54. The maximum Gasteiger partial charge on any atom is 0.326 e. The van der Waals surface area contributed by atoms with Gasteiger partial charge in [0.25, 0.3) is 5.91 Å². The molecule has 1 aliphatic rings. The minimum atomic E-state index is -1.09. The molecular weight excluding hydrogens is 260 g/mol. The van der Waals surface area contributed by atoms with Crippen molar-refractivity contribution in [3.05, 3.63) is 35.4 Å². The summed E-state index contributed by atoms with van der Waals surface area (Å²) >= 11 is 0. The van der Waals surface area contributed by atoms with Crippen molar-refractivity contribution in [2.75, 3.05) is 13.1 Å². The lowest BCUT2D eigenvalue weighted by Gasteiger charge is -2.22. The van der Waals surface area contributed by atoms with E-state index in [9.17, 15) is 14.7 Å². The zero-order chi connectivity index (χ0) is 14.7. The van der Waals surface area contributed by atoms with Gasteiger partial charge in [0.1, 0.15) is 6.04 Å². The molecule has 4 N–H and O–H groups in total. The molecule has 2 rings (SSSR count). The van der Waals surface area contributed by atoms with Gasteiger partial charge in [-0.05, 0) is 24.6 Å². The van der Waals surface area contributed by atoms with E-state index in [1.807, 2.05) is 12.1 Å². The van der Waals surface area contributed by atoms with Crippen LogP contribution < -0.4 is 5.73 Å². The number of hydrogen-bond donors (Lipinski definition) is 3. The summed E-state index contributed by atoms with van der Waals surface area (Å²) in [4.78, 5) is 24.9. The Kier molecular flexibility index (Phi) is 4.36. The van der Waals surface area contributed by atoms with Gasteiger partial charge in [0.05, 0.1) is 6.10 Å². The second kappa shape index (κ2) is 6.02. The molecule has 2 unspecified atom stereocenters. The molecule has 1 heterocycles. The lowest BCUT2D eigenvalue weighted by molar-refractivity contribution is -0.141. The zero-order valence-corrected chi connectivity index (χ0v) is 11.0. The van der Waals surface area contributed by atoms with Crippen molar-refractivity contribution < 1.29 is 19.8 Å². The van der Waals surface area contributed by atoms with Crippen LogP contribution in [0, 0.1) is 0 Å². The molecule has 0 aromatic heterocycles. The molecule has 0 radical (unpaired) electrons. The molecule has 1 aliphatic heterocycles. The Morgan fingerprint density at radius 1 is 1.35 bits per heavy atom. The van der Waals surface area contributed by atoms with Gasteiger partial charge >= 0.3 is 5.97 Å². The van der Waals surface area contributed by atoms with Crippen LogP contribution in [0.5, 0.6) is 0 Å². The molecule has 1 fully saturated rings. The second-order valence-electron chi connectivity index (χ2n) is 4.90. The van der Waals surface area contributed by atoms with Crippen LogP contribution in [0.15, 0.2) is 24.3 Å². The van der Waals surface area contributed by atoms with Gasteiger partial charge in [-0.3, -0.25) is 4.79 Å². The van der Waals surface area contributed by atoms with E-state index in [1.54, 1.807) is 12.1 Å². The Bertz CT molecular complexity index is 518. The van der Waals surface area contributed by atoms with Gasteiger partial charge in [-0.2, -0.15) is 0 Å². The molecule has 1 saturated heterocycles. The van der Waals surface area contributed by atoms with E-state index < -0.39 is 18.1 Å². The Hall–Kier alpha value is -1.92. The highest BCUT2D eigenvalue weighted by Gasteiger charge is 2.39. The smallest absolute Gasteiger partial charge is 0.326 e. The number of likely N-dealkylation sites (tertiary alicyclic amines) is 1. The standard InChI is InChI=1S/C14H18N2O4/c15-6-5-9-3-1-2-4-11(9)13(18)16-8-10(17)7-12(16)14(19)20/h1-4,10,12,17H,5-8,15H2,(H,19,20). The first-order valence-corrected chi connectivity index (χ1v) is 6.54. The Morgan fingerprint density at radius 2 is 2.05 bits per heavy atom. The number of carboxylic acids is 1. The van der Waals surface area contributed by atoms with Crippen molar-refractivity contribution in [2.24, 2.45) is 5.73 Å². The van der Waals surface area contributed by atoms with Crippen molar-refractivity contribution in [1.82, 2.24) is 4.90 Å². The quantitative estimate of drug-likeness (QED) is 0.710. The molecule has 6 nitrogen and oxygen atoms in total. The van der Waals surface area contributed by atoms with Crippen LogP contribution in [0.25, 0.3) is 0 Å². The fourth-order valence-corrected chi connectivity index (χ4v) is 2.53. The van der Waals surface area contributed by atoms with Crippen LogP contribution in [0.2, 0.25) is 0 Å². The Morgan fingerprint density at radius 3 is 2.70 bits per heavy atom. The van der Waals surface area contributed by atoms with Gasteiger partial charge in [-0.15, -0.1) is 0 Å². The molecule has 0 aliphatic carbocycles. The van der Waals surface area contributed by atoms with E-state index >= 15 is 0 Å². The molecule has 108 valence electrons. The van der Waals surface area contributed by atoms with Crippen molar-refractivity contribution in [2.45, 2.75) is 25.0 Å². The highest BCUT2D eigenvalue weighted by Crippen LogP contribution is 2.22. The molecule has 0 spiro atoms. The summed E-state index contributed by atoms with van der Waals surface area (Å²) in [5, 5.41) is 18.8. The molecule has 1 aromatic carbocycles. The third-order valence-corrected chi connectivity index (χ3v) is 3.49. The summed E-state index contributed by atoms with van der Waals surface area (Å²) < 4.78 is 0. The number of aliphatic hydroxyl groups excluding tert-OH is 1. The van der Waals surface area contributed by atoms with E-state index in [2.05, 4.69) is 0 Å². The molecule has 1 aromatic rings. The highest BCUT2D eigenvalue weighted by molar-refractivity contribution is 5.98. The summed E-state index contributed by atoms with van der Waals surface area (Å²) in [5.74, 6) is -1.45. The zero-order valence-electron chi connectivity index (χ0n) is 11.0. The predicted octanol–water partition coefficient (Wildman–Crippen LogP) is -0.152. The van der Waals surface area contributed by atoms with Crippen LogP contribution in [0.3, 0.4) is 0 Å². The van der Waals surface area contributed by atoms with Crippen molar-refractivity contribution >= 4 is 11.9 Å². The molecule has 2 atom stereocenters. The maximum absolute atomic E-state index is 12.5. The van der Waals surface area contributed by atoms with Crippen molar-refractivity contribution in [3.8, 4) is 0 Å². The second-order valence-corrected chi connectivity index (χ2v) is 4.90. The van der Waals surface area contributed by atoms with Crippen LogP contribution in [0.1, 0.15) is 22.3 Å². The fourth-order valence-electron chi connectivity index (χ4n) is 2.53. The van der Waals surface area contributed by atoms with Gasteiger partial charge in [-0.25, -0.2) is 4.79 Å². The van der Waals surface area contributed by atoms with Gasteiger partial charge in [0.15, 0.2) is 0 Å². The number of aliphatic carboxylic acids is 1. The number of carboxylic acid groups (broad SMARTS) is 1. The van der Waals surface area contributed by atoms with E-state index in [4.69, 9.17) is 10.8 Å². The topological polar surface area (TPSA) is 104 Å². The Balaban J connectivity index is 2.29. The van der Waals surface area contributed by atoms with E-state index in [0.717, 1.165) is 5.56 Å². The number of hydrogen-bond acceptors (Lipinski definition) is 4. The van der Waals surface area contributed by atoms with Crippen LogP contribution in [0.4, 0.5) is 0 Å². The minimum absolute atomic E-state index is 0.0484. The fraction of sp³-hybridized carbons (Fsp3) is 0.429. The number of rotatable bonds is 4. The summed E-state index contributed by atoms with van der Waals surface area (Å²) in [6, 6.07) is 6.05. The minimum Gasteiger partial charge on any atom is -0.480 e. The van der Waals surface area contributed by atoms with Crippen LogP contribution in [-0.4, -0.2) is 52.2 Å². The monoisotopic (exact) mass is 278 g/mol. The summed E-state index contributed by atoms with van der Waals surface area (Å²) in [5.41, 5.74) is 6.78. The average Bonchev–Trinajstić information content (AvgIpc) is 2.81. The van der Waals surface area contributed by atoms with Crippen molar-refractivity contribution in [3.63, 3.8) is 0 Å². The molecule has 0 saturated carbocycles. The molecule has 6 heteroatoms. The molecule has 20 heavy (non-hydrogen) atoms. The molecule has 0 bridgehead atoms. The number of amides is 1. The predicted molar refractivity (Wildman–Crippen MR) is 72.3 cm³/mol. The van der Waals surface area contributed by atoms with Gasteiger partial charge < -0.3 is 20.8 Å². The summed E-state index contributed by atoms with van der Waals surface area (Å²) in [7, 11) is 0. The van der Waals surface area contributed by atoms with E-state index in [1.165, 1.54) is 4.90 Å². The Labute approximate surface area is 116 Å². The third kappa shape index (κ3) is 2.81. The number of aliphatic hydroxyl groups is 1. The first kappa shape index (κ1) is 14.5. The number of β-amino-alcohol motifs (C(OH)–C–C–N with tert-alkyl or cyclic N) is 1. The SMILES string of the molecule is NCCc1ccccc1C(=O)N1CC(O)CC1C(=O)O. The van der Waals surface area contributed by atoms with E-state index in [-0.39, 0.29) is 18.9 Å². The number of benzene rings is 1. The molecular formula is C14H18N2O4. The third-order valence-electron chi connectivity index (χ3n) is 3.49. The van der Waals surface area contributed by atoms with E-state index in [0.29, 0.717) is 18.5 Å².